The van der Waals surface area contributed by atoms with Crippen LogP contribution in [-0.4, -0.2) is 10.4 Å². The fourth-order valence-electron chi connectivity index (χ4n) is 0.0945. The summed E-state index contributed by atoms with van der Waals surface area (Å²) in [5.74, 6) is 4.56. The molecule has 0 aromatic heterocycles. The van der Waals surface area contributed by atoms with Crippen molar-refractivity contribution in [3.05, 3.63) is 0 Å². The monoisotopic (exact) mass is 199 g/mol. The molecule has 0 fully saturated rings. The highest BCUT2D eigenvalue weighted by Crippen LogP contribution is 2.24. The maximum absolute atomic E-state index is 5.16. The van der Waals surface area contributed by atoms with Crippen LogP contribution in [0.3, 0.4) is 0 Å². The summed E-state index contributed by atoms with van der Waals surface area (Å²) in [5.41, 5.74) is 0. The van der Waals surface area contributed by atoms with Crippen molar-refractivity contribution in [1.29, 1.82) is 0 Å². The molecule has 0 bridgehead atoms. The molecule has 0 atom stereocenters. The fraction of sp³-hybridized carbons (Fsp3) is 1.00. The lowest BCUT2D eigenvalue weighted by atomic mass is 10.8. The zero-order valence-electron chi connectivity index (χ0n) is 3.73. The lowest BCUT2D eigenvalue weighted by Gasteiger charge is -2.05. The quantitative estimate of drug-likeness (QED) is 0.517. The SMILES string of the molecule is Cl.NOCC(Cl)(Cl)Cl. The van der Waals surface area contributed by atoms with E-state index in [4.69, 9.17) is 34.8 Å². The highest BCUT2D eigenvalue weighted by atomic mass is 35.6. The molecule has 2 nitrogen and oxygen atoms in total. The van der Waals surface area contributed by atoms with Crippen molar-refractivity contribution >= 4 is 47.2 Å². The summed E-state index contributed by atoms with van der Waals surface area (Å²) in [6, 6.07) is 0. The maximum Gasteiger partial charge on any atom is 0.215 e. The Morgan fingerprint density at radius 2 is 1.75 bits per heavy atom. The zero-order chi connectivity index (χ0) is 5.91. The van der Waals surface area contributed by atoms with Crippen LogP contribution in [0.4, 0.5) is 0 Å². The van der Waals surface area contributed by atoms with E-state index in [1.54, 1.807) is 0 Å². The topological polar surface area (TPSA) is 35.2 Å². The van der Waals surface area contributed by atoms with Crippen LogP contribution in [0.25, 0.3) is 0 Å². The van der Waals surface area contributed by atoms with E-state index in [2.05, 4.69) is 10.7 Å². The molecule has 0 unspecified atom stereocenters. The molecule has 6 heteroatoms. The van der Waals surface area contributed by atoms with Gasteiger partial charge in [-0.15, -0.1) is 12.4 Å². The van der Waals surface area contributed by atoms with Crippen molar-refractivity contribution in [2.24, 2.45) is 5.90 Å². The van der Waals surface area contributed by atoms with Crippen LogP contribution >= 0.6 is 47.2 Å². The lowest BCUT2D eigenvalue weighted by Crippen LogP contribution is -2.15. The molecule has 8 heavy (non-hydrogen) atoms. The minimum atomic E-state index is -1.38. The maximum atomic E-state index is 5.16. The molecule has 0 radical (unpaired) electrons. The Bertz CT molecular complexity index is 52.5. The second-order valence-electron chi connectivity index (χ2n) is 0.926. The molecule has 0 aliphatic carbocycles. The van der Waals surface area contributed by atoms with E-state index in [9.17, 15) is 0 Å². The second-order valence-corrected chi connectivity index (χ2v) is 3.44. The van der Waals surface area contributed by atoms with Crippen molar-refractivity contribution in [1.82, 2.24) is 0 Å². The normalized spacial score (nSPS) is 10.5. The van der Waals surface area contributed by atoms with Gasteiger partial charge in [-0.2, -0.15) is 0 Å². The first-order valence-corrected chi connectivity index (χ1v) is 2.58. The highest BCUT2D eigenvalue weighted by molar-refractivity contribution is 6.67. The number of hydrogen-bond donors (Lipinski definition) is 1. The third-order valence-corrected chi connectivity index (χ3v) is 0.574. The largest absolute Gasteiger partial charge is 0.300 e. The van der Waals surface area contributed by atoms with Gasteiger partial charge in [-0.05, 0) is 0 Å². The van der Waals surface area contributed by atoms with Crippen LogP contribution < -0.4 is 5.90 Å². The van der Waals surface area contributed by atoms with Crippen LogP contribution in [0.5, 0.6) is 0 Å². The molecule has 0 aliphatic rings. The average molecular weight is 201 g/mol. The molecule has 0 amide bonds. The summed E-state index contributed by atoms with van der Waals surface area (Å²) in [4.78, 5) is 4.01. The van der Waals surface area contributed by atoms with E-state index in [1.807, 2.05) is 0 Å². The molecule has 0 saturated carbocycles. The van der Waals surface area contributed by atoms with Gasteiger partial charge in [0.2, 0.25) is 3.79 Å². The average Bonchev–Trinajstić information content (AvgIpc) is 1.30. The lowest BCUT2D eigenvalue weighted by molar-refractivity contribution is 0.143. The molecular formula is C2H5Cl4NO. The molecule has 0 aromatic rings. The van der Waals surface area contributed by atoms with E-state index >= 15 is 0 Å². The number of alkyl halides is 3. The predicted octanol–water partition coefficient (Wildman–Crippen LogP) is 1.67. The van der Waals surface area contributed by atoms with Crippen LogP contribution in [0, 0.1) is 0 Å². The van der Waals surface area contributed by atoms with Crippen molar-refractivity contribution in [3.63, 3.8) is 0 Å². The van der Waals surface area contributed by atoms with Crippen LogP contribution in [-0.2, 0) is 4.84 Å². The number of nitrogens with two attached hydrogens (primary N) is 1. The van der Waals surface area contributed by atoms with Gasteiger partial charge in [0, 0.05) is 0 Å². The molecule has 0 aromatic carbocycles. The summed E-state index contributed by atoms with van der Waals surface area (Å²) in [7, 11) is 0. The molecular weight excluding hydrogens is 196 g/mol. The molecule has 0 aliphatic heterocycles. The number of halogens is 4. The number of hydrogen-bond acceptors (Lipinski definition) is 2. The number of rotatable bonds is 1. The standard InChI is InChI=1S/C2H4Cl3NO.ClH/c3-2(4,5)1-7-6;/h1,6H2;1H. The Kier molecular flexibility index (Phi) is 7.26. The minimum Gasteiger partial charge on any atom is -0.300 e. The van der Waals surface area contributed by atoms with Crippen molar-refractivity contribution < 1.29 is 4.84 Å². The minimum absolute atomic E-state index is 0. The fourth-order valence-corrected chi connectivity index (χ4v) is 0.283. The Labute approximate surface area is 68.6 Å². The Morgan fingerprint density at radius 3 is 1.75 bits per heavy atom. The van der Waals surface area contributed by atoms with Gasteiger partial charge in [-0.3, -0.25) is 0 Å². The summed E-state index contributed by atoms with van der Waals surface area (Å²) >= 11 is 15.5. The molecule has 0 saturated heterocycles. The first-order valence-electron chi connectivity index (χ1n) is 1.44. The van der Waals surface area contributed by atoms with Gasteiger partial charge >= 0.3 is 0 Å². The Hall–Kier alpha value is 1.08. The zero-order valence-corrected chi connectivity index (χ0v) is 6.82. The first kappa shape index (κ1) is 11.8. The summed E-state index contributed by atoms with van der Waals surface area (Å²) in [6.07, 6.45) is 0. The van der Waals surface area contributed by atoms with Gasteiger partial charge in [0.1, 0.15) is 6.61 Å². The van der Waals surface area contributed by atoms with E-state index in [1.165, 1.54) is 0 Å². The smallest absolute Gasteiger partial charge is 0.215 e. The molecule has 0 spiro atoms. The van der Waals surface area contributed by atoms with Crippen LogP contribution in [0.15, 0.2) is 0 Å². The van der Waals surface area contributed by atoms with Crippen molar-refractivity contribution in [2.75, 3.05) is 6.61 Å². The molecule has 0 heterocycles. The van der Waals surface area contributed by atoms with Gasteiger partial charge in [0.05, 0.1) is 0 Å². The van der Waals surface area contributed by atoms with Crippen LogP contribution in [0.2, 0.25) is 0 Å². The van der Waals surface area contributed by atoms with Crippen molar-refractivity contribution in [2.45, 2.75) is 3.79 Å². The van der Waals surface area contributed by atoms with Gasteiger partial charge in [0.25, 0.3) is 0 Å². The van der Waals surface area contributed by atoms with E-state index < -0.39 is 3.79 Å². The highest BCUT2D eigenvalue weighted by Gasteiger charge is 2.18. The molecule has 52 valence electrons. The van der Waals surface area contributed by atoms with E-state index in [0.717, 1.165) is 0 Å². The van der Waals surface area contributed by atoms with Crippen LogP contribution in [0.1, 0.15) is 0 Å². The Balaban J connectivity index is 0. The predicted molar refractivity (Wildman–Crippen MR) is 37.7 cm³/mol. The van der Waals surface area contributed by atoms with Gasteiger partial charge in [0.15, 0.2) is 0 Å². The molecule has 2 N–H and O–H groups in total. The van der Waals surface area contributed by atoms with Crippen molar-refractivity contribution in [3.8, 4) is 0 Å². The van der Waals surface area contributed by atoms with E-state index in [0.29, 0.717) is 0 Å². The third kappa shape index (κ3) is 10.1. The van der Waals surface area contributed by atoms with Gasteiger partial charge in [-0.1, -0.05) is 34.8 Å². The third-order valence-electron chi connectivity index (χ3n) is 0.247. The summed E-state index contributed by atoms with van der Waals surface area (Å²) < 4.78 is -1.38. The Morgan fingerprint density at radius 1 is 1.38 bits per heavy atom. The summed E-state index contributed by atoms with van der Waals surface area (Å²) in [6.45, 7) is -0.0856. The first-order chi connectivity index (χ1) is 3.06. The second kappa shape index (κ2) is 4.91. The van der Waals surface area contributed by atoms with Gasteiger partial charge in [-0.25, -0.2) is 5.90 Å². The van der Waals surface area contributed by atoms with E-state index in [-0.39, 0.29) is 19.0 Å². The van der Waals surface area contributed by atoms with Gasteiger partial charge < -0.3 is 4.84 Å². The summed E-state index contributed by atoms with van der Waals surface area (Å²) in [5, 5.41) is 0. The molecule has 0 rings (SSSR count).